The number of aryl methyl sites for hydroxylation is 2. The predicted molar refractivity (Wildman–Crippen MR) is 102 cm³/mol. The molecular weight excluding hydrogens is 417 g/mol. The van der Waals surface area contributed by atoms with E-state index in [1.807, 2.05) is 12.1 Å². The number of nitrogens with two attached hydrogens (primary N) is 1. The lowest BCUT2D eigenvalue weighted by molar-refractivity contribution is 0.912. The van der Waals surface area contributed by atoms with E-state index in [0.29, 0.717) is 12.5 Å². The van der Waals surface area contributed by atoms with Crippen LogP contribution in [0.2, 0.25) is 4.34 Å². The van der Waals surface area contributed by atoms with Crippen molar-refractivity contribution in [1.82, 2.24) is 0 Å². The second-order valence-electron chi connectivity index (χ2n) is 4.87. The number of aliphatic imine (C=N–C) groups is 1. The molecule has 1 aliphatic carbocycles. The number of guanidine groups is 1. The van der Waals surface area contributed by atoms with Crippen molar-refractivity contribution in [3.8, 4) is 0 Å². The van der Waals surface area contributed by atoms with Gasteiger partial charge in [-0.2, -0.15) is 0 Å². The van der Waals surface area contributed by atoms with Crippen LogP contribution < -0.4 is 11.1 Å². The molecule has 1 aromatic carbocycles. The van der Waals surface area contributed by atoms with Gasteiger partial charge in [0.25, 0.3) is 0 Å². The topological polar surface area (TPSA) is 50.4 Å². The van der Waals surface area contributed by atoms with E-state index in [0.717, 1.165) is 21.3 Å². The maximum absolute atomic E-state index is 5.92. The third-order valence-corrected chi connectivity index (χ3v) is 4.62. The van der Waals surface area contributed by atoms with Crippen molar-refractivity contribution in [3.63, 3.8) is 0 Å². The predicted octanol–water partition coefficient (Wildman–Crippen LogP) is 4.44. The average molecular weight is 434 g/mol. The van der Waals surface area contributed by atoms with Crippen molar-refractivity contribution < 1.29 is 0 Å². The molecule has 1 heterocycles. The number of hydrogen-bond acceptors (Lipinski definition) is 2. The molecule has 0 atom stereocenters. The first kappa shape index (κ1) is 16.6. The molecule has 1 aliphatic rings. The standard InChI is InChI=1S/C15H16ClN3S.HI/c16-14-7-6-13(20-14)9-18-15(17)19-12-5-4-10-2-1-3-11(10)8-12;/h4-8H,1-3,9H2,(H3,17,18,19);1H. The summed E-state index contributed by atoms with van der Waals surface area (Å²) in [6, 6.07) is 10.3. The van der Waals surface area contributed by atoms with Crippen LogP contribution in [0.5, 0.6) is 0 Å². The Morgan fingerprint density at radius 2 is 2.05 bits per heavy atom. The number of nitrogens with zero attached hydrogens (tertiary/aromatic N) is 1. The van der Waals surface area contributed by atoms with Gasteiger partial charge < -0.3 is 11.1 Å². The summed E-state index contributed by atoms with van der Waals surface area (Å²) in [6.45, 7) is 0.557. The highest BCUT2D eigenvalue weighted by Gasteiger charge is 2.10. The maximum atomic E-state index is 5.92. The summed E-state index contributed by atoms with van der Waals surface area (Å²) in [5.41, 5.74) is 9.81. The van der Waals surface area contributed by atoms with Crippen molar-refractivity contribution in [3.05, 3.63) is 50.7 Å². The highest BCUT2D eigenvalue weighted by molar-refractivity contribution is 14.0. The summed E-state index contributed by atoms with van der Waals surface area (Å²) < 4.78 is 0.778. The zero-order valence-corrected chi connectivity index (χ0v) is 15.3. The Balaban J connectivity index is 0.00000161. The average Bonchev–Trinajstić information content (AvgIpc) is 3.04. The van der Waals surface area contributed by atoms with Gasteiger partial charge in [-0.05, 0) is 54.7 Å². The summed E-state index contributed by atoms with van der Waals surface area (Å²) in [4.78, 5) is 5.44. The van der Waals surface area contributed by atoms with Crippen LogP contribution >= 0.6 is 46.9 Å². The van der Waals surface area contributed by atoms with Gasteiger partial charge >= 0.3 is 0 Å². The van der Waals surface area contributed by atoms with E-state index in [1.54, 1.807) is 0 Å². The van der Waals surface area contributed by atoms with E-state index >= 15 is 0 Å². The number of fused-ring (bicyclic) bond motifs is 1. The molecule has 0 aliphatic heterocycles. The molecule has 0 bridgehead atoms. The van der Waals surface area contributed by atoms with E-state index in [1.165, 1.54) is 35.3 Å². The number of benzene rings is 1. The number of anilines is 1. The second kappa shape index (κ2) is 7.47. The van der Waals surface area contributed by atoms with Crippen LogP contribution in [0.25, 0.3) is 0 Å². The smallest absolute Gasteiger partial charge is 0.193 e. The summed E-state index contributed by atoms with van der Waals surface area (Å²) in [5, 5.41) is 3.15. The minimum atomic E-state index is 0. The molecule has 1 aromatic heterocycles. The molecule has 0 saturated carbocycles. The van der Waals surface area contributed by atoms with Gasteiger partial charge in [-0.25, -0.2) is 4.99 Å². The monoisotopic (exact) mass is 433 g/mol. The van der Waals surface area contributed by atoms with Gasteiger partial charge in [-0.1, -0.05) is 17.7 Å². The summed E-state index contributed by atoms with van der Waals surface area (Å²) >= 11 is 7.41. The Hall–Kier alpha value is -0.790. The molecule has 2 aromatic rings. The van der Waals surface area contributed by atoms with E-state index in [2.05, 4.69) is 28.5 Å². The van der Waals surface area contributed by atoms with Crippen LogP contribution in [-0.4, -0.2) is 5.96 Å². The first-order valence-electron chi connectivity index (χ1n) is 6.64. The molecule has 0 unspecified atom stereocenters. The first-order valence-corrected chi connectivity index (χ1v) is 7.83. The lowest BCUT2D eigenvalue weighted by Gasteiger charge is -2.07. The second-order valence-corrected chi connectivity index (χ2v) is 6.67. The molecule has 3 N–H and O–H groups in total. The minimum Gasteiger partial charge on any atom is -0.370 e. The normalized spacial score (nSPS) is 13.7. The Kier molecular flexibility index (Phi) is 5.89. The Labute approximate surface area is 150 Å². The number of nitrogens with one attached hydrogen (secondary N) is 1. The van der Waals surface area contributed by atoms with Crippen LogP contribution in [0.15, 0.2) is 35.3 Å². The number of hydrogen-bond donors (Lipinski definition) is 2. The zero-order chi connectivity index (χ0) is 13.9. The van der Waals surface area contributed by atoms with Crippen molar-refractivity contribution in [2.45, 2.75) is 25.8 Å². The van der Waals surface area contributed by atoms with Crippen molar-refractivity contribution in [2.75, 3.05) is 5.32 Å². The molecule has 3 nitrogen and oxygen atoms in total. The van der Waals surface area contributed by atoms with Gasteiger partial charge in [0.05, 0.1) is 10.9 Å². The fraction of sp³-hybridized carbons (Fsp3) is 0.267. The van der Waals surface area contributed by atoms with Gasteiger partial charge in [0.15, 0.2) is 5.96 Å². The largest absolute Gasteiger partial charge is 0.370 e. The summed E-state index contributed by atoms with van der Waals surface area (Å²) in [5.74, 6) is 0.437. The van der Waals surface area contributed by atoms with E-state index in [9.17, 15) is 0 Å². The Morgan fingerprint density at radius 3 is 2.81 bits per heavy atom. The van der Waals surface area contributed by atoms with Crippen LogP contribution in [0, 0.1) is 0 Å². The minimum absolute atomic E-state index is 0. The van der Waals surface area contributed by atoms with Gasteiger partial charge in [-0.3, -0.25) is 0 Å². The van der Waals surface area contributed by atoms with Crippen molar-refractivity contribution in [1.29, 1.82) is 0 Å². The molecule has 3 rings (SSSR count). The van der Waals surface area contributed by atoms with Crippen LogP contribution in [-0.2, 0) is 19.4 Å². The third kappa shape index (κ3) is 4.34. The molecule has 0 fully saturated rings. The highest BCUT2D eigenvalue weighted by atomic mass is 127. The molecule has 21 heavy (non-hydrogen) atoms. The van der Waals surface area contributed by atoms with Crippen molar-refractivity contribution in [2.24, 2.45) is 10.7 Å². The number of halogens is 2. The van der Waals surface area contributed by atoms with E-state index in [4.69, 9.17) is 17.3 Å². The van der Waals surface area contributed by atoms with Crippen LogP contribution in [0.1, 0.15) is 22.4 Å². The van der Waals surface area contributed by atoms with Crippen LogP contribution in [0.4, 0.5) is 5.69 Å². The third-order valence-electron chi connectivity index (χ3n) is 3.40. The van der Waals surface area contributed by atoms with E-state index < -0.39 is 0 Å². The molecule has 0 radical (unpaired) electrons. The lowest BCUT2D eigenvalue weighted by atomic mass is 10.1. The molecule has 0 saturated heterocycles. The van der Waals surface area contributed by atoms with Gasteiger partial charge in [0, 0.05) is 10.6 Å². The van der Waals surface area contributed by atoms with Gasteiger partial charge in [0.2, 0.25) is 0 Å². The lowest BCUT2D eigenvalue weighted by Crippen LogP contribution is -2.22. The van der Waals surface area contributed by atoms with Gasteiger partial charge in [0.1, 0.15) is 0 Å². The zero-order valence-electron chi connectivity index (χ0n) is 11.4. The van der Waals surface area contributed by atoms with Crippen LogP contribution in [0.3, 0.4) is 0 Å². The molecule has 112 valence electrons. The fourth-order valence-electron chi connectivity index (χ4n) is 2.44. The summed E-state index contributed by atoms with van der Waals surface area (Å²) in [6.07, 6.45) is 3.61. The number of rotatable bonds is 3. The molecule has 0 amide bonds. The molecule has 6 heteroatoms. The molecular formula is C15H17ClIN3S. The fourth-order valence-corrected chi connectivity index (χ4v) is 3.45. The Morgan fingerprint density at radius 1 is 1.24 bits per heavy atom. The first-order chi connectivity index (χ1) is 9.70. The maximum Gasteiger partial charge on any atom is 0.193 e. The quantitative estimate of drug-likeness (QED) is 0.427. The molecule has 0 spiro atoms. The van der Waals surface area contributed by atoms with Gasteiger partial charge in [-0.15, -0.1) is 35.3 Å². The highest BCUT2D eigenvalue weighted by Crippen LogP contribution is 2.25. The SMILES string of the molecule is I.NC(=NCc1ccc(Cl)s1)Nc1ccc2c(c1)CCC2. The van der Waals surface area contributed by atoms with E-state index in [-0.39, 0.29) is 24.0 Å². The summed E-state index contributed by atoms with van der Waals surface area (Å²) in [7, 11) is 0. The Bertz CT molecular complexity index is 654. The van der Waals surface area contributed by atoms with Crippen molar-refractivity contribution >= 4 is 58.6 Å². The number of thiophene rings is 1.